The van der Waals surface area contributed by atoms with Crippen molar-refractivity contribution in [3.63, 3.8) is 0 Å². The molecule has 9 nitrogen and oxygen atoms in total. The highest BCUT2D eigenvalue weighted by Crippen LogP contribution is 2.29. The monoisotopic (exact) mass is 444 g/mol. The number of carbonyl (C=O) groups is 1. The number of aromatic nitrogens is 4. The first-order chi connectivity index (χ1) is 15.7. The summed E-state index contributed by atoms with van der Waals surface area (Å²) in [4.78, 5) is 24.0. The predicted molar refractivity (Wildman–Crippen MR) is 126 cm³/mol. The summed E-state index contributed by atoms with van der Waals surface area (Å²) in [5.74, 6) is 0.252. The van der Waals surface area contributed by atoms with Gasteiger partial charge in [-0.1, -0.05) is 0 Å². The molecule has 0 fully saturated rings. The lowest BCUT2D eigenvalue weighted by atomic mass is 9.92. The van der Waals surface area contributed by atoms with Gasteiger partial charge in [0, 0.05) is 30.4 Å². The van der Waals surface area contributed by atoms with Gasteiger partial charge in [-0.05, 0) is 63.1 Å². The number of amides is 1. The fourth-order valence-electron chi connectivity index (χ4n) is 4.08. The van der Waals surface area contributed by atoms with Crippen LogP contribution in [0.25, 0.3) is 17.1 Å². The van der Waals surface area contributed by atoms with Crippen LogP contribution in [0.15, 0.2) is 30.7 Å². The van der Waals surface area contributed by atoms with Gasteiger partial charge in [0.25, 0.3) is 5.91 Å². The molecular formula is C24H28N8O. The average Bonchev–Trinajstić information content (AvgIpc) is 3.23. The summed E-state index contributed by atoms with van der Waals surface area (Å²) in [7, 11) is 2.12. The lowest BCUT2D eigenvalue weighted by Gasteiger charge is -2.27. The summed E-state index contributed by atoms with van der Waals surface area (Å²) in [5, 5.41) is 16.1. The average molecular weight is 445 g/mol. The van der Waals surface area contributed by atoms with E-state index in [4.69, 9.17) is 16.0 Å². The van der Waals surface area contributed by atoms with Crippen molar-refractivity contribution in [3.05, 3.63) is 53.0 Å². The summed E-state index contributed by atoms with van der Waals surface area (Å²) >= 11 is 0. The minimum Gasteiger partial charge on any atom is -0.381 e. The number of nitrogen functional groups attached to an aromatic ring is 1. The molecule has 3 heterocycles. The highest BCUT2D eigenvalue weighted by Gasteiger charge is 2.23. The molecule has 0 saturated carbocycles. The lowest BCUT2D eigenvalue weighted by Crippen LogP contribution is -2.42. The number of carbonyl (C=O) groups excluding carboxylic acids is 1. The molecule has 33 heavy (non-hydrogen) atoms. The van der Waals surface area contributed by atoms with Gasteiger partial charge in [0.2, 0.25) is 0 Å². The van der Waals surface area contributed by atoms with Gasteiger partial charge in [-0.3, -0.25) is 4.79 Å². The van der Waals surface area contributed by atoms with Gasteiger partial charge < -0.3 is 16.0 Å². The van der Waals surface area contributed by atoms with E-state index in [1.54, 1.807) is 26.2 Å². The van der Waals surface area contributed by atoms with E-state index < -0.39 is 5.54 Å². The number of nitriles is 1. The lowest BCUT2D eigenvalue weighted by molar-refractivity contribution is 0.0914. The maximum Gasteiger partial charge on any atom is 0.254 e. The molecule has 1 aromatic carbocycles. The standard InChI is InChI=1S/C24H28N8O/c1-15-9-16(10-17-13-31(4)8-5-19(15)17)20-12-27-21(26)22(29-20)32-14-18(11-28-32)23(33)30-24(2,3)6-7-25/h9-12,14H,5-6,8,13H2,1-4H3,(H2,26,27)(H,30,33). The van der Waals surface area contributed by atoms with Crippen molar-refractivity contribution >= 4 is 11.7 Å². The number of anilines is 1. The Hall–Kier alpha value is -3.77. The number of rotatable bonds is 5. The van der Waals surface area contributed by atoms with Crippen molar-refractivity contribution < 1.29 is 4.79 Å². The van der Waals surface area contributed by atoms with Crippen LogP contribution in [-0.4, -0.2) is 49.7 Å². The minimum absolute atomic E-state index is 0.198. The van der Waals surface area contributed by atoms with Gasteiger partial charge in [-0.25, -0.2) is 14.6 Å². The Morgan fingerprint density at radius 1 is 1.33 bits per heavy atom. The maximum atomic E-state index is 12.6. The molecule has 3 N–H and O–H groups in total. The van der Waals surface area contributed by atoms with Crippen LogP contribution in [0.1, 0.15) is 47.3 Å². The van der Waals surface area contributed by atoms with Crippen LogP contribution >= 0.6 is 0 Å². The second-order valence-corrected chi connectivity index (χ2v) is 9.23. The van der Waals surface area contributed by atoms with Crippen molar-refractivity contribution in [3.8, 4) is 23.1 Å². The van der Waals surface area contributed by atoms with Crippen LogP contribution in [-0.2, 0) is 13.0 Å². The van der Waals surface area contributed by atoms with Crippen LogP contribution in [0, 0.1) is 18.3 Å². The van der Waals surface area contributed by atoms with Gasteiger partial charge in [0.1, 0.15) is 0 Å². The van der Waals surface area contributed by atoms with E-state index in [2.05, 4.69) is 52.5 Å². The first-order valence-electron chi connectivity index (χ1n) is 10.9. The number of aryl methyl sites for hydroxylation is 1. The molecule has 0 unspecified atom stereocenters. The zero-order valence-corrected chi connectivity index (χ0v) is 19.4. The van der Waals surface area contributed by atoms with Gasteiger partial charge in [0.15, 0.2) is 11.6 Å². The van der Waals surface area contributed by atoms with Gasteiger partial charge in [-0.2, -0.15) is 10.4 Å². The highest BCUT2D eigenvalue weighted by atomic mass is 16.1. The molecule has 1 aliphatic rings. The fourth-order valence-corrected chi connectivity index (χ4v) is 4.08. The molecule has 1 aliphatic heterocycles. The van der Waals surface area contributed by atoms with Gasteiger partial charge in [0.05, 0.1) is 36.1 Å². The van der Waals surface area contributed by atoms with Crippen LogP contribution in [0.2, 0.25) is 0 Å². The molecule has 0 bridgehead atoms. The summed E-state index contributed by atoms with van der Waals surface area (Å²) in [6.07, 6.45) is 5.91. The fraction of sp³-hybridized carbons (Fsp3) is 0.375. The second kappa shape index (κ2) is 8.64. The van der Waals surface area contributed by atoms with Crippen molar-refractivity contribution in [2.75, 3.05) is 19.3 Å². The zero-order chi connectivity index (χ0) is 23.8. The van der Waals surface area contributed by atoms with Gasteiger partial charge >= 0.3 is 0 Å². The SMILES string of the molecule is Cc1cc(-c2cnc(N)c(-n3cc(C(=O)NC(C)(C)CC#N)cn3)n2)cc2c1CCN(C)C2. The van der Waals surface area contributed by atoms with Crippen molar-refractivity contribution in [1.29, 1.82) is 5.26 Å². The van der Waals surface area contributed by atoms with Gasteiger partial charge in [-0.15, -0.1) is 0 Å². The maximum absolute atomic E-state index is 12.6. The molecule has 2 aromatic heterocycles. The molecule has 0 aliphatic carbocycles. The van der Waals surface area contributed by atoms with E-state index in [1.165, 1.54) is 27.6 Å². The number of nitrogens with one attached hydrogen (secondary N) is 1. The van der Waals surface area contributed by atoms with Crippen molar-refractivity contribution in [2.24, 2.45) is 0 Å². The molecule has 9 heteroatoms. The Bertz CT molecular complexity index is 1250. The third kappa shape index (κ3) is 4.71. The number of benzene rings is 1. The molecule has 4 rings (SSSR count). The van der Waals surface area contributed by atoms with E-state index in [0.29, 0.717) is 17.1 Å². The number of nitrogens with two attached hydrogens (primary N) is 1. The summed E-state index contributed by atoms with van der Waals surface area (Å²) in [6.45, 7) is 7.68. The quantitative estimate of drug-likeness (QED) is 0.619. The van der Waals surface area contributed by atoms with Crippen LogP contribution in [0.5, 0.6) is 0 Å². The summed E-state index contributed by atoms with van der Waals surface area (Å²) < 4.78 is 1.46. The summed E-state index contributed by atoms with van der Waals surface area (Å²) in [6, 6.07) is 6.38. The molecule has 1 amide bonds. The van der Waals surface area contributed by atoms with E-state index in [-0.39, 0.29) is 18.1 Å². The van der Waals surface area contributed by atoms with Crippen LogP contribution in [0.4, 0.5) is 5.82 Å². The number of nitrogens with zero attached hydrogens (tertiary/aromatic N) is 6. The first kappa shape index (κ1) is 22.4. The van der Waals surface area contributed by atoms with E-state index in [9.17, 15) is 4.79 Å². The molecular weight excluding hydrogens is 416 g/mol. The Kier molecular flexibility index (Phi) is 5.87. The normalized spacial score (nSPS) is 13.9. The molecule has 170 valence electrons. The molecule has 0 spiro atoms. The summed E-state index contributed by atoms with van der Waals surface area (Å²) in [5.41, 5.74) is 11.4. The molecule has 0 saturated heterocycles. The minimum atomic E-state index is -0.648. The Labute approximate surface area is 193 Å². The van der Waals surface area contributed by atoms with Crippen molar-refractivity contribution in [1.82, 2.24) is 30.0 Å². The van der Waals surface area contributed by atoms with Crippen LogP contribution < -0.4 is 11.1 Å². The predicted octanol–water partition coefficient (Wildman–Crippen LogP) is 2.63. The van der Waals surface area contributed by atoms with E-state index >= 15 is 0 Å². The second-order valence-electron chi connectivity index (χ2n) is 9.23. The first-order valence-corrected chi connectivity index (χ1v) is 10.9. The molecule has 0 radical (unpaired) electrons. The smallest absolute Gasteiger partial charge is 0.254 e. The number of hydrogen-bond donors (Lipinski definition) is 2. The Morgan fingerprint density at radius 3 is 2.88 bits per heavy atom. The van der Waals surface area contributed by atoms with Crippen molar-refractivity contribution in [2.45, 2.75) is 45.7 Å². The molecule has 3 aromatic rings. The largest absolute Gasteiger partial charge is 0.381 e. The van der Waals surface area contributed by atoms with Crippen LogP contribution in [0.3, 0.4) is 0 Å². The van der Waals surface area contributed by atoms with E-state index in [1.807, 2.05) is 0 Å². The third-order valence-electron chi connectivity index (χ3n) is 5.86. The number of likely N-dealkylation sites (N-methyl/N-ethyl adjacent to an activating group) is 1. The van der Waals surface area contributed by atoms with E-state index in [0.717, 1.165) is 25.1 Å². The molecule has 0 atom stereocenters. The highest BCUT2D eigenvalue weighted by molar-refractivity contribution is 5.94. The third-order valence-corrected chi connectivity index (χ3v) is 5.86. The number of hydrogen-bond acceptors (Lipinski definition) is 7. The topological polar surface area (TPSA) is 126 Å². The zero-order valence-electron chi connectivity index (χ0n) is 19.4. The Morgan fingerprint density at radius 2 is 2.12 bits per heavy atom. The number of fused-ring (bicyclic) bond motifs is 1. The Balaban J connectivity index is 1.65.